The molecule has 26 valence electrons. The van der Waals surface area contributed by atoms with E-state index in [1.54, 1.807) is 6.92 Å². The van der Waals surface area contributed by atoms with Crippen molar-refractivity contribution < 1.29 is 0 Å². The summed E-state index contributed by atoms with van der Waals surface area (Å²) in [6.07, 6.45) is 4.82. The minimum atomic E-state index is 0.782. The number of terminal acetylenes is 1. The molecule has 0 heterocycles. The van der Waals surface area contributed by atoms with Crippen molar-refractivity contribution >= 4 is 0 Å². The van der Waals surface area contributed by atoms with Crippen LogP contribution in [0.5, 0.6) is 0 Å². The average Bonchev–Trinajstić information content (AvgIpc) is 1.38. The molecule has 0 fully saturated rings. The van der Waals surface area contributed by atoms with Gasteiger partial charge in [0.15, 0.2) is 0 Å². The first-order valence-corrected chi connectivity index (χ1v) is 1.39. The number of hydrogen-bond donors (Lipinski definition) is 0. The van der Waals surface area contributed by atoms with Crippen LogP contribution in [-0.4, -0.2) is 0 Å². The molecular weight excluding hydrogens is 60.1 g/mol. The highest BCUT2D eigenvalue weighted by atomic mass is 13.6. The lowest BCUT2D eigenvalue weighted by molar-refractivity contribution is 1.63. The van der Waals surface area contributed by atoms with Crippen molar-refractivity contribution in [1.29, 1.82) is 0 Å². The Morgan fingerprint density at radius 2 is 2.20 bits per heavy atom. The lowest BCUT2D eigenvalue weighted by atomic mass is 10.4. The van der Waals surface area contributed by atoms with Crippen molar-refractivity contribution in [3.63, 3.8) is 0 Å². The smallest absolute Gasteiger partial charge is 0.00853 e. The van der Waals surface area contributed by atoms with Crippen LogP contribution in [0, 0.1) is 12.3 Å². The number of allylic oxidation sites excluding steroid dienone is 1. The molecule has 0 nitrogen and oxygen atoms in total. The molecule has 0 saturated carbocycles. The summed E-state index contributed by atoms with van der Waals surface area (Å²) < 4.78 is 0. The lowest BCUT2D eigenvalue weighted by Gasteiger charge is -1.66. The van der Waals surface area contributed by atoms with Crippen LogP contribution in [0.4, 0.5) is 0 Å². The third-order valence-corrected chi connectivity index (χ3v) is 0.246. The zero-order valence-corrected chi connectivity index (χ0v) is 3.28. The zero-order valence-electron chi connectivity index (χ0n) is 3.28. The Labute approximate surface area is 32.5 Å². The van der Waals surface area contributed by atoms with Crippen LogP contribution in [0.15, 0.2) is 12.2 Å². The Balaban J connectivity index is 3.35. The van der Waals surface area contributed by atoms with Crippen molar-refractivity contribution in [1.82, 2.24) is 0 Å². The van der Waals surface area contributed by atoms with E-state index in [2.05, 4.69) is 12.5 Å². The highest BCUT2D eigenvalue weighted by Crippen LogP contribution is 1.74. The number of rotatable bonds is 0. The normalized spacial score (nSPS) is 5.60. The molecule has 0 spiro atoms. The van der Waals surface area contributed by atoms with Gasteiger partial charge >= 0.3 is 0 Å². The SMILES string of the molecule is C#CC(=C)C. The Morgan fingerprint density at radius 1 is 2.00 bits per heavy atom. The van der Waals surface area contributed by atoms with Gasteiger partial charge in [0.2, 0.25) is 0 Å². The second-order valence-electron chi connectivity index (χ2n) is 0.925. The summed E-state index contributed by atoms with van der Waals surface area (Å²) >= 11 is 0. The molecule has 0 aromatic rings. The molecule has 0 atom stereocenters. The average molecular weight is 66.1 g/mol. The predicted molar refractivity (Wildman–Crippen MR) is 23.6 cm³/mol. The van der Waals surface area contributed by atoms with Crippen molar-refractivity contribution in [2.24, 2.45) is 0 Å². The fourth-order valence-electron chi connectivity index (χ4n) is 0. The summed E-state index contributed by atoms with van der Waals surface area (Å²) in [6, 6.07) is 0. The zero-order chi connectivity index (χ0) is 4.28. The first kappa shape index (κ1) is 4.30. The van der Waals surface area contributed by atoms with E-state index in [4.69, 9.17) is 6.42 Å². The van der Waals surface area contributed by atoms with E-state index in [9.17, 15) is 0 Å². The maximum atomic E-state index is 4.82. The quantitative estimate of drug-likeness (QED) is 0.373. The minimum Gasteiger partial charge on any atom is -0.115 e. The molecule has 0 bridgehead atoms. The van der Waals surface area contributed by atoms with E-state index < -0.39 is 0 Å². The molecule has 5 heavy (non-hydrogen) atoms. The summed E-state index contributed by atoms with van der Waals surface area (Å²) in [5.41, 5.74) is 0.782. The fourth-order valence-corrected chi connectivity index (χ4v) is 0. The largest absolute Gasteiger partial charge is 0.115 e. The van der Waals surface area contributed by atoms with E-state index in [0.717, 1.165) is 5.57 Å². The van der Waals surface area contributed by atoms with Crippen LogP contribution in [0.2, 0.25) is 0 Å². The van der Waals surface area contributed by atoms with Gasteiger partial charge in [-0.25, -0.2) is 0 Å². The Morgan fingerprint density at radius 3 is 2.20 bits per heavy atom. The minimum absolute atomic E-state index is 0.782. The molecule has 0 rings (SSSR count). The molecule has 0 N–H and O–H groups in total. The van der Waals surface area contributed by atoms with Crippen molar-refractivity contribution in [2.75, 3.05) is 0 Å². The van der Waals surface area contributed by atoms with Crippen LogP contribution < -0.4 is 0 Å². The predicted octanol–water partition coefficient (Wildman–Crippen LogP) is 1.20. The van der Waals surface area contributed by atoms with Crippen molar-refractivity contribution in [3.05, 3.63) is 12.2 Å². The summed E-state index contributed by atoms with van der Waals surface area (Å²) in [7, 11) is 0. The van der Waals surface area contributed by atoms with Gasteiger partial charge in [-0.05, 0) is 12.5 Å². The molecule has 0 saturated heterocycles. The van der Waals surface area contributed by atoms with Gasteiger partial charge in [0.1, 0.15) is 0 Å². The van der Waals surface area contributed by atoms with Gasteiger partial charge in [-0.1, -0.05) is 12.5 Å². The summed E-state index contributed by atoms with van der Waals surface area (Å²) in [5.74, 6) is 2.33. The van der Waals surface area contributed by atoms with Crippen LogP contribution >= 0.6 is 0 Å². The van der Waals surface area contributed by atoms with Gasteiger partial charge in [-0.15, -0.1) is 6.42 Å². The van der Waals surface area contributed by atoms with E-state index in [0.29, 0.717) is 0 Å². The monoisotopic (exact) mass is 66.0 g/mol. The van der Waals surface area contributed by atoms with Crippen molar-refractivity contribution in [3.8, 4) is 12.3 Å². The second kappa shape index (κ2) is 1.60. The van der Waals surface area contributed by atoms with Crippen molar-refractivity contribution in [2.45, 2.75) is 6.92 Å². The fraction of sp³-hybridized carbons (Fsp3) is 0.200. The molecule has 0 aliphatic carbocycles. The molecule has 0 aromatic heterocycles. The Bertz CT molecular complexity index is 72.5. The van der Waals surface area contributed by atoms with E-state index >= 15 is 0 Å². The number of hydrogen-bond acceptors (Lipinski definition) is 0. The summed E-state index contributed by atoms with van der Waals surface area (Å²) in [5, 5.41) is 0. The first-order valence-electron chi connectivity index (χ1n) is 1.39. The topological polar surface area (TPSA) is 0 Å². The third kappa shape index (κ3) is 3.30. The van der Waals surface area contributed by atoms with Gasteiger partial charge in [0.05, 0.1) is 0 Å². The molecule has 0 unspecified atom stereocenters. The standard InChI is InChI=1S/C5H6/c1-4-5(2)3/h1H,2H2,3H3. The second-order valence-corrected chi connectivity index (χ2v) is 0.925. The molecule has 0 aliphatic heterocycles. The van der Waals surface area contributed by atoms with Gasteiger partial charge in [-0.2, -0.15) is 0 Å². The Kier molecular flexibility index (Phi) is 1.38. The summed E-state index contributed by atoms with van der Waals surface area (Å²) in [4.78, 5) is 0. The maximum Gasteiger partial charge on any atom is -0.00853 e. The molecule has 0 heteroatoms. The maximum absolute atomic E-state index is 4.82. The van der Waals surface area contributed by atoms with E-state index in [1.807, 2.05) is 0 Å². The Hall–Kier alpha value is -0.700. The van der Waals surface area contributed by atoms with Gasteiger partial charge in [0, 0.05) is 0 Å². The van der Waals surface area contributed by atoms with Gasteiger partial charge < -0.3 is 0 Å². The highest BCUT2D eigenvalue weighted by Gasteiger charge is 1.59. The van der Waals surface area contributed by atoms with Crippen LogP contribution in [0.1, 0.15) is 6.92 Å². The van der Waals surface area contributed by atoms with Crippen LogP contribution in [-0.2, 0) is 0 Å². The van der Waals surface area contributed by atoms with Crippen LogP contribution in [0.3, 0.4) is 0 Å². The van der Waals surface area contributed by atoms with Crippen LogP contribution in [0.25, 0.3) is 0 Å². The van der Waals surface area contributed by atoms with Gasteiger partial charge in [-0.3, -0.25) is 0 Å². The highest BCUT2D eigenvalue weighted by molar-refractivity contribution is 5.17. The van der Waals surface area contributed by atoms with E-state index in [1.165, 1.54) is 0 Å². The summed E-state index contributed by atoms with van der Waals surface area (Å²) in [6.45, 7) is 5.23. The van der Waals surface area contributed by atoms with E-state index in [-0.39, 0.29) is 0 Å². The third-order valence-electron chi connectivity index (χ3n) is 0.246. The lowest BCUT2D eigenvalue weighted by Crippen LogP contribution is -1.52. The molecule has 0 aliphatic rings. The molecule has 0 aromatic carbocycles. The molecular formula is C5H6. The molecule has 0 radical (unpaired) electrons. The molecule has 0 amide bonds. The first-order chi connectivity index (χ1) is 2.27. The van der Waals surface area contributed by atoms with Gasteiger partial charge in [0.25, 0.3) is 0 Å².